The van der Waals surface area contributed by atoms with Crippen LogP contribution >= 0.6 is 0 Å². The van der Waals surface area contributed by atoms with Crippen LogP contribution in [-0.4, -0.2) is 73.8 Å². The minimum Gasteiger partial charge on any atom is -0.507 e. The Balaban J connectivity index is 1.30. The van der Waals surface area contributed by atoms with E-state index in [1.807, 2.05) is 6.07 Å². The minimum atomic E-state index is 0.110. The molecule has 2 N–H and O–H groups in total. The fraction of sp³-hybridized carbons (Fsp3) is 0.421. The molecule has 1 aromatic carbocycles. The van der Waals surface area contributed by atoms with Crippen LogP contribution in [0.3, 0.4) is 0 Å². The van der Waals surface area contributed by atoms with Crippen molar-refractivity contribution >= 4 is 5.95 Å². The summed E-state index contributed by atoms with van der Waals surface area (Å²) in [6.07, 6.45) is 5.82. The van der Waals surface area contributed by atoms with E-state index >= 15 is 0 Å². The van der Waals surface area contributed by atoms with Crippen molar-refractivity contribution in [2.75, 3.05) is 38.1 Å². The van der Waals surface area contributed by atoms with E-state index in [4.69, 9.17) is 0 Å². The number of aromatic nitrogens is 6. The zero-order valence-electron chi connectivity index (χ0n) is 15.7. The van der Waals surface area contributed by atoms with E-state index in [2.05, 4.69) is 47.4 Å². The van der Waals surface area contributed by atoms with Gasteiger partial charge in [-0.15, -0.1) is 15.3 Å². The summed E-state index contributed by atoms with van der Waals surface area (Å²) < 4.78 is 0. The quantitative estimate of drug-likeness (QED) is 0.707. The number of aromatic amines is 1. The van der Waals surface area contributed by atoms with Crippen molar-refractivity contribution in [1.82, 2.24) is 35.5 Å². The predicted octanol–water partition coefficient (Wildman–Crippen LogP) is 1.56. The molecule has 0 aliphatic carbocycles. The number of piperidine rings is 1. The summed E-state index contributed by atoms with van der Waals surface area (Å²) in [4.78, 5) is 9.07. The van der Waals surface area contributed by atoms with Gasteiger partial charge in [0, 0.05) is 35.8 Å². The zero-order chi connectivity index (χ0) is 19.1. The van der Waals surface area contributed by atoms with Crippen molar-refractivity contribution < 1.29 is 5.11 Å². The monoisotopic (exact) mass is 378 g/mol. The largest absolute Gasteiger partial charge is 0.507 e. The van der Waals surface area contributed by atoms with Crippen LogP contribution in [0.2, 0.25) is 0 Å². The van der Waals surface area contributed by atoms with E-state index in [1.54, 1.807) is 24.5 Å². The van der Waals surface area contributed by atoms with Gasteiger partial charge in [-0.1, -0.05) is 11.3 Å². The maximum Gasteiger partial charge on any atom is 0.245 e. The third-order valence-electron chi connectivity index (χ3n) is 5.92. The van der Waals surface area contributed by atoms with E-state index in [-0.39, 0.29) is 5.75 Å². The highest BCUT2D eigenvalue weighted by molar-refractivity contribution is 5.72. The van der Waals surface area contributed by atoms with Crippen LogP contribution in [0.1, 0.15) is 12.8 Å². The molecule has 5 rings (SSSR count). The van der Waals surface area contributed by atoms with Crippen molar-refractivity contribution in [3.8, 4) is 28.3 Å². The fourth-order valence-corrected chi connectivity index (χ4v) is 4.10. The summed E-state index contributed by atoms with van der Waals surface area (Å²) in [6.45, 7) is 4.32. The van der Waals surface area contributed by atoms with E-state index in [0.29, 0.717) is 28.3 Å². The molecule has 2 aliphatic heterocycles. The molecule has 9 nitrogen and oxygen atoms in total. The molecule has 0 bridgehead atoms. The molecular weight excluding hydrogens is 356 g/mol. The van der Waals surface area contributed by atoms with E-state index in [1.165, 1.54) is 12.8 Å². The summed E-state index contributed by atoms with van der Waals surface area (Å²) in [7, 11) is 2.18. The number of nitrogens with zero attached hydrogens (tertiary/aromatic N) is 7. The van der Waals surface area contributed by atoms with Crippen molar-refractivity contribution in [1.29, 1.82) is 0 Å². The number of rotatable bonds is 3. The van der Waals surface area contributed by atoms with Crippen LogP contribution in [0.25, 0.3) is 22.5 Å². The standard InChI is InChI=1S/C19H22N8O/c1-26-6-4-19(5-7-26)11-27(12-19)18-20-9-16(22-24-18)14-3-2-13(8-17(14)28)15-10-21-25-23-15/h2-3,8-10,28H,4-7,11-12H2,1H3,(H,21,23,25). The van der Waals surface area contributed by atoms with Gasteiger partial charge in [-0.3, -0.25) is 5.10 Å². The Hall–Kier alpha value is -3.07. The number of phenols is 1. The van der Waals surface area contributed by atoms with Crippen LogP contribution < -0.4 is 4.90 Å². The van der Waals surface area contributed by atoms with Crippen molar-refractivity contribution in [2.24, 2.45) is 5.41 Å². The van der Waals surface area contributed by atoms with Gasteiger partial charge >= 0.3 is 0 Å². The fourth-order valence-electron chi connectivity index (χ4n) is 4.10. The molecule has 28 heavy (non-hydrogen) atoms. The first-order chi connectivity index (χ1) is 13.6. The van der Waals surface area contributed by atoms with E-state index < -0.39 is 0 Å². The Morgan fingerprint density at radius 3 is 2.54 bits per heavy atom. The normalized spacial score (nSPS) is 19.0. The van der Waals surface area contributed by atoms with Gasteiger partial charge in [0.25, 0.3) is 0 Å². The maximum atomic E-state index is 10.4. The van der Waals surface area contributed by atoms with Gasteiger partial charge in [-0.25, -0.2) is 4.98 Å². The third kappa shape index (κ3) is 2.97. The second-order valence-corrected chi connectivity index (χ2v) is 7.89. The highest BCUT2D eigenvalue weighted by Gasteiger charge is 2.45. The Morgan fingerprint density at radius 1 is 1.07 bits per heavy atom. The predicted molar refractivity (Wildman–Crippen MR) is 104 cm³/mol. The molecule has 144 valence electrons. The molecular formula is C19H22N8O. The number of phenolic OH excluding ortho intramolecular Hbond substituents is 1. The van der Waals surface area contributed by atoms with Gasteiger partial charge in [-0.05, 0) is 45.1 Å². The molecule has 3 aromatic rings. The summed E-state index contributed by atoms with van der Waals surface area (Å²) in [5, 5.41) is 29.3. The lowest BCUT2D eigenvalue weighted by atomic mass is 9.72. The van der Waals surface area contributed by atoms with Crippen LogP contribution in [0.15, 0.2) is 30.6 Å². The maximum absolute atomic E-state index is 10.4. The number of nitrogens with one attached hydrogen (secondary N) is 1. The Bertz CT molecular complexity index is 956. The molecule has 2 aromatic heterocycles. The Labute approximate surface area is 162 Å². The van der Waals surface area contributed by atoms with Crippen molar-refractivity contribution in [3.63, 3.8) is 0 Å². The van der Waals surface area contributed by atoms with Gasteiger partial charge in [0.1, 0.15) is 17.1 Å². The van der Waals surface area contributed by atoms with E-state index in [9.17, 15) is 5.11 Å². The second kappa shape index (κ2) is 6.52. The summed E-state index contributed by atoms with van der Waals surface area (Å²) in [5.74, 6) is 0.769. The van der Waals surface area contributed by atoms with Crippen LogP contribution in [0.4, 0.5) is 5.95 Å². The Morgan fingerprint density at radius 2 is 1.89 bits per heavy atom. The molecule has 9 heteroatoms. The lowest BCUT2D eigenvalue weighted by Gasteiger charge is -2.53. The lowest BCUT2D eigenvalue weighted by molar-refractivity contribution is 0.0893. The van der Waals surface area contributed by atoms with Gasteiger partial charge in [0.15, 0.2) is 0 Å². The molecule has 0 unspecified atom stereocenters. The molecule has 2 aliphatic rings. The number of benzene rings is 1. The molecule has 0 radical (unpaired) electrons. The number of aromatic hydroxyl groups is 1. The highest BCUT2D eigenvalue weighted by Crippen LogP contribution is 2.41. The molecule has 0 atom stereocenters. The summed E-state index contributed by atoms with van der Waals surface area (Å²) in [6, 6.07) is 5.30. The van der Waals surface area contributed by atoms with Gasteiger partial charge in [0.05, 0.1) is 6.20 Å². The third-order valence-corrected chi connectivity index (χ3v) is 5.92. The Kier molecular flexibility index (Phi) is 3.97. The van der Waals surface area contributed by atoms with Gasteiger partial charge < -0.3 is 14.9 Å². The smallest absolute Gasteiger partial charge is 0.245 e. The first-order valence-corrected chi connectivity index (χ1v) is 9.45. The van der Waals surface area contributed by atoms with Gasteiger partial charge in [-0.2, -0.15) is 0 Å². The average molecular weight is 378 g/mol. The second-order valence-electron chi connectivity index (χ2n) is 7.89. The van der Waals surface area contributed by atoms with E-state index in [0.717, 1.165) is 31.7 Å². The van der Waals surface area contributed by atoms with Crippen LogP contribution in [0.5, 0.6) is 5.75 Å². The molecule has 1 spiro atoms. The molecule has 2 saturated heterocycles. The summed E-state index contributed by atoms with van der Waals surface area (Å²) >= 11 is 0. The van der Waals surface area contributed by atoms with Crippen molar-refractivity contribution in [2.45, 2.75) is 12.8 Å². The van der Waals surface area contributed by atoms with Crippen LogP contribution in [-0.2, 0) is 0 Å². The number of hydrogen-bond donors (Lipinski definition) is 2. The van der Waals surface area contributed by atoms with Crippen LogP contribution in [0, 0.1) is 5.41 Å². The number of hydrogen-bond acceptors (Lipinski definition) is 8. The molecule has 2 fully saturated rings. The molecule has 0 amide bonds. The molecule has 0 saturated carbocycles. The lowest BCUT2D eigenvalue weighted by Crippen LogP contribution is -2.60. The SMILES string of the molecule is CN1CCC2(CC1)CN(c1ncc(-c3ccc(-c4c[nH]nn4)cc3O)nn1)C2. The minimum absolute atomic E-state index is 0.110. The highest BCUT2D eigenvalue weighted by atomic mass is 16.3. The first kappa shape index (κ1) is 17.1. The topological polar surface area (TPSA) is 107 Å². The number of H-pyrrole nitrogens is 1. The molecule has 4 heterocycles. The summed E-state index contributed by atoms with van der Waals surface area (Å²) in [5.41, 5.74) is 3.00. The van der Waals surface area contributed by atoms with Crippen molar-refractivity contribution in [3.05, 3.63) is 30.6 Å². The van der Waals surface area contributed by atoms with Gasteiger partial charge in [0.2, 0.25) is 5.95 Å². The number of anilines is 1. The first-order valence-electron chi connectivity index (χ1n) is 9.45. The number of likely N-dealkylation sites (tertiary alicyclic amines) is 1. The average Bonchev–Trinajstić information content (AvgIpc) is 3.22. The zero-order valence-corrected chi connectivity index (χ0v) is 15.7.